The van der Waals surface area contributed by atoms with Gasteiger partial charge in [0.05, 0.1) is 0 Å². The molecule has 0 radical (unpaired) electrons. The van der Waals surface area contributed by atoms with E-state index in [2.05, 4.69) is 0 Å². The molecule has 1 saturated heterocycles. The van der Waals surface area contributed by atoms with Crippen LogP contribution in [0.4, 0.5) is 0 Å². The van der Waals surface area contributed by atoms with Gasteiger partial charge in [-0.15, -0.1) is 0 Å². The molecule has 1 N–H and O–H groups in total. The molecule has 1 fully saturated rings. The molecule has 1 amide bonds. The summed E-state index contributed by atoms with van der Waals surface area (Å²) in [6, 6.07) is 0. The number of carboxylic acid groups (broad SMARTS) is 1. The second-order valence-corrected chi connectivity index (χ2v) is 4.88. The highest BCUT2D eigenvalue weighted by Crippen LogP contribution is 2.23. The molecule has 0 aromatic carbocycles. The summed E-state index contributed by atoms with van der Waals surface area (Å²) < 4.78 is 0. The number of likely N-dealkylation sites (tertiary alicyclic amines) is 1. The number of amides is 1. The molecule has 4 heteroatoms. The zero-order valence-electron chi connectivity index (χ0n) is 10.8. The van der Waals surface area contributed by atoms with Crippen molar-refractivity contribution in [2.24, 2.45) is 11.8 Å². The molecular weight excluding hydrogens is 218 g/mol. The first-order valence-electron chi connectivity index (χ1n) is 6.59. The number of nitrogens with zero attached hydrogens (tertiary/aromatic N) is 1. The van der Waals surface area contributed by atoms with E-state index in [0.29, 0.717) is 0 Å². The van der Waals surface area contributed by atoms with E-state index in [0.717, 1.165) is 38.8 Å². The lowest BCUT2D eigenvalue weighted by Crippen LogP contribution is -2.41. The third-order valence-corrected chi connectivity index (χ3v) is 3.72. The molecule has 0 saturated carbocycles. The lowest BCUT2D eigenvalue weighted by Gasteiger charge is -2.33. The van der Waals surface area contributed by atoms with Crippen molar-refractivity contribution in [1.29, 1.82) is 0 Å². The molecule has 98 valence electrons. The van der Waals surface area contributed by atoms with Crippen molar-refractivity contribution in [3.8, 4) is 0 Å². The number of piperidine rings is 1. The number of carbonyl (C=O) groups excluding carboxylic acids is 1. The van der Waals surface area contributed by atoms with Gasteiger partial charge >= 0.3 is 5.97 Å². The molecule has 0 aromatic heterocycles. The van der Waals surface area contributed by atoms with Gasteiger partial charge in [-0.1, -0.05) is 13.8 Å². The van der Waals surface area contributed by atoms with Gasteiger partial charge in [-0.2, -0.15) is 0 Å². The summed E-state index contributed by atoms with van der Waals surface area (Å²) in [5.41, 5.74) is 0. The minimum absolute atomic E-state index is 0.144. The fourth-order valence-corrected chi connectivity index (χ4v) is 2.50. The molecule has 4 nitrogen and oxygen atoms in total. The Hall–Kier alpha value is -1.06. The third-order valence-electron chi connectivity index (χ3n) is 3.72. The van der Waals surface area contributed by atoms with Crippen LogP contribution in [0.15, 0.2) is 0 Å². The fourth-order valence-electron chi connectivity index (χ4n) is 2.50. The predicted octanol–water partition coefficient (Wildman–Crippen LogP) is 2.14. The maximum absolute atomic E-state index is 12.1. The quantitative estimate of drug-likeness (QED) is 0.802. The Morgan fingerprint density at radius 1 is 1.24 bits per heavy atom. The van der Waals surface area contributed by atoms with Gasteiger partial charge in [0.15, 0.2) is 0 Å². The molecule has 0 bridgehead atoms. The second kappa shape index (κ2) is 6.62. The largest absolute Gasteiger partial charge is 0.481 e. The Morgan fingerprint density at radius 2 is 1.76 bits per heavy atom. The van der Waals surface area contributed by atoms with Crippen LogP contribution in [0.5, 0.6) is 0 Å². The summed E-state index contributed by atoms with van der Waals surface area (Å²) in [5.74, 6) is -0.0807. The van der Waals surface area contributed by atoms with Crippen LogP contribution in [0.1, 0.15) is 46.0 Å². The normalized spacial score (nSPS) is 17.5. The van der Waals surface area contributed by atoms with Crippen molar-refractivity contribution in [2.45, 2.75) is 46.0 Å². The zero-order valence-corrected chi connectivity index (χ0v) is 10.8. The molecule has 1 aliphatic heterocycles. The van der Waals surface area contributed by atoms with Gasteiger partial charge in [0.1, 0.15) is 0 Å². The molecule has 1 rings (SSSR count). The predicted molar refractivity (Wildman–Crippen MR) is 65.6 cm³/mol. The number of hydrogen-bond acceptors (Lipinski definition) is 2. The lowest BCUT2D eigenvalue weighted by molar-refractivity contribution is -0.139. The maximum Gasteiger partial charge on any atom is 0.303 e. The van der Waals surface area contributed by atoms with Gasteiger partial charge in [-0.25, -0.2) is 0 Å². The van der Waals surface area contributed by atoms with Gasteiger partial charge in [0.2, 0.25) is 5.91 Å². The van der Waals surface area contributed by atoms with Gasteiger partial charge in [0.25, 0.3) is 0 Å². The van der Waals surface area contributed by atoms with Crippen LogP contribution in [-0.2, 0) is 9.59 Å². The zero-order chi connectivity index (χ0) is 12.8. The maximum atomic E-state index is 12.1. The van der Waals surface area contributed by atoms with E-state index >= 15 is 0 Å². The minimum atomic E-state index is -0.727. The van der Waals surface area contributed by atoms with Gasteiger partial charge in [0, 0.05) is 25.4 Å². The van der Waals surface area contributed by atoms with E-state index in [9.17, 15) is 9.59 Å². The molecule has 0 spiro atoms. The SMILES string of the molecule is CCC(CC)C(=O)N1CCC(CC(=O)O)CC1. The first kappa shape index (κ1) is 14.0. The molecule has 0 atom stereocenters. The molecule has 1 heterocycles. The van der Waals surface area contributed by atoms with Crippen LogP contribution >= 0.6 is 0 Å². The highest BCUT2D eigenvalue weighted by atomic mass is 16.4. The van der Waals surface area contributed by atoms with Crippen molar-refractivity contribution in [3.05, 3.63) is 0 Å². The Balaban J connectivity index is 2.40. The highest BCUT2D eigenvalue weighted by molar-refractivity contribution is 5.78. The van der Waals surface area contributed by atoms with Crippen molar-refractivity contribution < 1.29 is 14.7 Å². The Bertz CT molecular complexity index is 266. The molecule has 17 heavy (non-hydrogen) atoms. The van der Waals surface area contributed by atoms with Gasteiger partial charge in [-0.3, -0.25) is 9.59 Å². The van der Waals surface area contributed by atoms with Crippen molar-refractivity contribution in [2.75, 3.05) is 13.1 Å². The number of carbonyl (C=O) groups is 2. The standard InChI is InChI=1S/C13H23NO3/c1-3-11(4-2)13(17)14-7-5-10(6-8-14)9-12(15)16/h10-11H,3-9H2,1-2H3,(H,15,16). The Labute approximate surface area is 103 Å². The summed E-state index contributed by atoms with van der Waals surface area (Å²) in [4.78, 5) is 24.6. The summed E-state index contributed by atoms with van der Waals surface area (Å²) in [6.07, 6.45) is 3.69. The average molecular weight is 241 g/mol. The van der Waals surface area contributed by atoms with E-state index < -0.39 is 5.97 Å². The summed E-state index contributed by atoms with van der Waals surface area (Å²) >= 11 is 0. The smallest absolute Gasteiger partial charge is 0.303 e. The Morgan fingerprint density at radius 3 is 2.18 bits per heavy atom. The highest BCUT2D eigenvalue weighted by Gasteiger charge is 2.27. The molecule has 0 aliphatic carbocycles. The first-order valence-corrected chi connectivity index (χ1v) is 6.59. The first-order chi connectivity index (χ1) is 8.08. The molecule has 1 aliphatic rings. The molecular formula is C13H23NO3. The van der Waals surface area contributed by atoms with Crippen LogP contribution in [0.3, 0.4) is 0 Å². The van der Waals surface area contributed by atoms with Gasteiger partial charge in [-0.05, 0) is 31.6 Å². The minimum Gasteiger partial charge on any atom is -0.481 e. The number of aliphatic carboxylic acids is 1. The van der Waals surface area contributed by atoms with E-state index in [4.69, 9.17) is 5.11 Å². The summed E-state index contributed by atoms with van der Waals surface area (Å²) in [6.45, 7) is 5.55. The van der Waals surface area contributed by atoms with E-state index in [1.807, 2.05) is 18.7 Å². The number of rotatable bonds is 5. The number of carboxylic acids is 1. The van der Waals surface area contributed by atoms with Crippen LogP contribution in [0.25, 0.3) is 0 Å². The van der Waals surface area contributed by atoms with Crippen LogP contribution in [0.2, 0.25) is 0 Å². The molecule has 0 unspecified atom stereocenters. The number of hydrogen-bond donors (Lipinski definition) is 1. The average Bonchev–Trinajstić information content (AvgIpc) is 2.30. The lowest BCUT2D eigenvalue weighted by atomic mass is 9.92. The second-order valence-electron chi connectivity index (χ2n) is 4.88. The van der Waals surface area contributed by atoms with Crippen molar-refractivity contribution in [1.82, 2.24) is 4.90 Å². The van der Waals surface area contributed by atoms with E-state index in [-0.39, 0.29) is 24.2 Å². The Kier molecular flexibility index (Phi) is 5.45. The summed E-state index contributed by atoms with van der Waals surface area (Å²) in [5, 5.41) is 8.72. The summed E-state index contributed by atoms with van der Waals surface area (Å²) in [7, 11) is 0. The topological polar surface area (TPSA) is 57.6 Å². The van der Waals surface area contributed by atoms with Crippen LogP contribution in [0, 0.1) is 11.8 Å². The van der Waals surface area contributed by atoms with Crippen LogP contribution in [-0.4, -0.2) is 35.0 Å². The van der Waals surface area contributed by atoms with E-state index in [1.165, 1.54) is 0 Å². The third kappa shape index (κ3) is 4.02. The van der Waals surface area contributed by atoms with Crippen molar-refractivity contribution in [3.63, 3.8) is 0 Å². The monoisotopic (exact) mass is 241 g/mol. The fraction of sp³-hybridized carbons (Fsp3) is 0.846. The van der Waals surface area contributed by atoms with E-state index in [1.54, 1.807) is 0 Å². The van der Waals surface area contributed by atoms with Crippen molar-refractivity contribution >= 4 is 11.9 Å². The van der Waals surface area contributed by atoms with Crippen LogP contribution < -0.4 is 0 Å². The molecule has 0 aromatic rings. The van der Waals surface area contributed by atoms with Gasteiger partial charge < -0.3 is 10.0 Å².